The van der Waals surface area contributed by atoms with Gasteiger partial charge in [-0.15, -0.1) is 0 Å². The molecule has 0 unspecified atom stereocenters. The Morgan fingerprint density at radius 2 is 0.786 bits per heavy atom. The summed E-state index contributed by atoms with van der Waals surface area (Å²) in [6.07, 6.45) is 1.99. The monoisotopic (exact) mass is 717 g/mol. The van der Waals surface area contributed by atoms with E-state index in [1.54, 1.807) is 0 Å². The standard InChI is InChI=1S/C49H31N7/c1-3-11-32(12-4-1)34-19-24-38(25-20-34)53-44-28-23-36(29-45(44)55-42-17-9-7-15-40(42)51-48(53)55)37-30-46-47(50-31-37)54(49-52-41-16-8-10-18-43(41)56(46)49)39-26-21-35(22-27-39)33-13-5-2-6-14-33/h1-31H. The summed E-state index contributed by atoms with van der Waals surface area (Å²) in [6, 6.07) is 64.0. The van der Waals surface area contributed by atoms with Crippen molar-refractivity contribution in [2.75, 3.05) is 0 Å². The molecule has 0 saturated carbocycles. The molecule has 12 rings (SSSR count). The zero-order valence-corrected chi connectivity index (χ0v) is 30.0. The molecule has 0 saturated heterocycles. The minimum atomic E-state index is 0.829. The average molecular weight is 718 g/mol. The van der Waals surface area contributed by atoms with Gasteiger partial charge in [-0.1, -0.05) is 115 Å². The second kappa shape index (κ2) is 11.9. The van der Waals surface area contributed by atoms with Gasteiger partial charge in [0.05, 0.1) is 44.3 Å². The van der Waals surface area contributed by atoms with Crippen LogP contribution in [0.25, 0.3) is 101 Å². The Morgan fingerprint density at radius 1 is 0.321 bits per heavy atom. The SMILES string of the molecule is c1ccc(-c2ccc(-n3c4ccc(-c5cnc6c(c5)n5c7ccccc7nc5n6-c5ccc(-c6ccccc6)cc5)cc4n4c5ccccc5nc34)cc2)cc1. The maximum Gasteiger partial charge on any atom is 0.221 e. The van der Waals surface area contributed by atoms with Gasteiger partial charge in [-0.2, -0.15) is 0 Å². The summed E-state index contributed by atoms with van der Waals surface area (Å²) < 4.78 is 8.95. The van der Waals surface area contributed by atoms with Crippen LogP contribution >= 0.6 is 0 Å². The lowest BCUT2D eigenvalue weighted by Crippen LogP contribution is -1.96. The van der Waals surface area contributed by atoms with E-state index >= 15 is 0 Å². The maximum atomic E-state index is 5.18. The molecule has 7 aromatic carbocycles. The van der Waals surface area contributed by atoms with Gasteiger partial charge in [0.15, 0.2) is 5.65 Å². The molecule has 0 aliphatic rings. The topological polar surface area (TPSA) is 57.4 Å². The van der Waals surface area contributed by atoms with E-state index in [4.69, 9.17) is 15.0 Å². The number of para-hydroxylation sites is 4. The van der Waals surface area contributed by atoms with Crippen LogP contribution in [0.15, 0.2) is 188 Å². The van der Waals surface area contributed by atoms with Gasteiger partial charge in [-0.3, -0.25) is 17.9 Å². The molecule has 7 heteroatoms. The number of nitrogens with zero attached hydrogens (tertiary/aromatic N) is 7. The van der Waals surface area contributed by atoms with Crippen molar-refractivity contribution in [1.82, 2.24) is 32.9 Å². The van der Waals surface area contributed by atoms with Crippen LogP contribution in [0.5, 0.6) is 0 Å². The highest BCUT2D eigenvalue weighted by Crippen LogP contribution is 2.36. The first-order chi connectivity index (χ1) is 27.8. The maximum absolute atomic E-state index is 5.18. The summed E-state index contributed by atoms with van der Waals surface area (Å²) in [5.41, 5.74) is 16.9. The van der Waals surface area contributed by atoms with Gasteiger partial charge in [-0.05, 0) is 94.5 Å². The van der Waals surface area contributed by atoms with Crippen LogP contribution in [-0.4, -0.2) is 32.9 Å². The van der Waals surface area contributed by atoms with E-state index in [9.17, 15) is 0 Å². The van der Waals surface area contributed by atoms with Crippen molar-refractivity contribution in [3.63, 3.8) is 0 Å². The zero-order chi connectivity index (χ0) is 36.7. The minimum absolute atomic E-state index is 0.829. The lowest BCUT2D eigenvalue weighted by molar-refractivity contribution is 1.09. The number of aromatic nitrogens is 7. The molecule has 0 aliphatic heterocycles. The quantitative estimate of drug-likeness (QED) is 0.178. The van der Waals surface area contributed by atoms with Crippen LogP contribution in [0.2, 0.25) is 0 Å². The molecular weight excluding hydrogens is 687 g/mol. The fourth-order valence-electron chi connectivity index (χ4n) is 8.38. The Hall–Kier alpha value is -7.77. The third-order valence-corrected chi connectivity index (χ3v) is 11.0. The number of hydrogen-bond donors (Lipinski definition) is 0. The van der Waals surface area contributed by atoms with Crippen LogP contribution in [-0.2, 0) is 0 Å². The molecule has 0 amide bonds. The van der Waals surface area contributed by atoms with Crippen molar-refractivity contribution in [2.24, 2.45) is 0 Å². The third-order valence-electron chi connectivity index (χ3n) is 11.0. The Kier molecular flexibility index (Phi) is 6.50. The number of benzene rings is 7. The minimum Gasteiger partial charge on any atom is -0.278 e. The first-order valence-electron chi connectivity index (χ1n) is 18.8. The normalized spacial score (nSPS) is 11.9. The fourth-order valence-corrected chi connectivity index (χ4v) is 8.38. The largest absolute Gasteiger partial charge is 0.278 e. The van der Waals surface area contributed by atoms with Gasteiger partial charge in [0.2, 0.25) is 11.6 Å². The predicted octanol–water partition coefficient (Wildman–Crippen LogP) is 11.6. The summed E-state index contributed by atoms with van der Waals surface area (Å²) in [5.74, 6) is 1.71. The number of rotatable bonds is 5. The van der Waals surface area contributed by atoms with Crippen molar-refractivity contribution >= 4 is 55.8 Å². The van der Waals surface area contributed by atoms with Gasteiger partial charge in [0.1, 0.15) is 0 Å². The van der Waals surface area contributed by atoms with Crippen molar-refractivity contribution in [3.05, 3.63) is 188 Å². The number of imidazole rings is 4. The molecule has 0 fully saturated rings. The molecule has 262 valence electrons. The van der Waals surface area contributed by atoms with E-state index in [1.165, 1.54) is 22.3 Å². The number of pyridine rings is 1. The molecular formula is C49H31N7. The van der Waals surface area contributed by atoms with E-state index in [2.05, 4.69) is 176 Å². The molecule has 5 aromatic heterocycles. The summed E-state index contributed by atoms with van der Waals surface area (Å²) in [6.45, 7) is 0. The van der Waals surface area contributed by atoms with Crippen LogP contribution in [0, 0.1) is 0 Å². The molecule has 0 spiro atoms. The van der Waals surface area contributed by atoms with E-state index in [0.717, 1.165) is 78.3 Å². The number of hydrogen-bond acceptors (Lipinski definition) is 3. The summed E-state index contributed by atoms with van der Waals surface area (Å²) >= 11 is 0. The highest BCUT2D eigenvalue weighted by molar-refractivity contribution is 5.96. The second-order valence-corrected chi connectivity index (χ2v) is 14.2. The lowest BCUT2D eigenvalue weighted by Gasteiger charge is -2.09. The molecule has 0 aliphatic carbocycles. The van der Waals surface area contributed by atoms with Gasteiger partial charge < -0.3 is 0 Å². The zero-order valence-electron chi connectivity index (χ0n) is 30.0. The highest BCUT2D eigenvalue weighted by atomic mass is 15.2. The predicted molar refractivity (Wildman–Crippen MR) is 227 cm³/mol. The molecule has 5 heterocycles. The summed E-state index contributed by atoms with van der Waals surface area (Å²) in [4.78, 5) is 15.5. The van der Waals surface area contributed by atoms with E-state index in [1.807, 2.05) is 30.5 Å². The molecule has 0 radical (unpaired) electrons. The molecule has 7 nitrogen and oxygen atoms in total. The summed E-state index contributed by atoms with van der Waals surface area (Å²) in [5, 5.41) is 0. The molecule has 0 atom stereocenters. The first-order valence-corrected chi connectivity index (χ1v) is 18.8. The van der Waals surface area contributed by atoms with Gasteiger partial charge in [0, 0.05) is 17.4 Å². The highest BCUT2D eigenvalue weighted by Gasteiger charge is 2.21. The van der Waals surface area contributed by atoms with Crippen molar-refractivity contribution in [1.29, 1.82) is 0 Å². The van der Waals surface area contributed by atoms with E-state index < -0.39 is 0 Å². The van der Waals surface area contributed by atoms with E-state index in [0.29, 0.717) is 0 Å². The number of fused-ring (bicyclic) bond motifs is 10. The first kappa shape index (κ1) is 30.7. The van der Waals surface area contributed by atoms with Crippen LogP contribution in [0.1, 0.15) is 0 Å². The molecule has 56 heavy (non-hydrogen) atoms. The molecule has 0 bridgehead atoms. The van der Waals surface area contributed by atoms with Gasteiger partial charge in [0.25, 0.3) is 0 Å². The smallest absolute Gasteiger partial charge is 0.221 e. The van der Waals surface area contributed by atoms with Crippen LogP contribution in [0.3, 0.4) is 0 Å². The molecule has 12 aromatic rings. The Balaban J connectivity index is 1.04. The second-order valence-electron chi connectivity index (χ2n) is 14.2. The molecule has 0 N–H and O–H groups in total. The summed E-state index contributed by atoms with van der Waals surface area (Å²) in [7, 11) is 0. The van der Waals surface area contributed by atoms with Crippen molar-refractivity contribution < 1.29 is 0 Å². The van der Waals surface area contributed by atoms with Crippen molar-refractivity contribution in [3.8, 4) is 44.8 Å². The lowest BCUT2D eigenvalue weighted by atomic mass is 10.1. The Bertz CT molecular complexity index is 3210. The fraction of sp³-hybridized carbons (Fsp3) is 0. The van der Waals surface area contributed by atoms with Crippen LogP contribution in [0.4, 0.5) is 0 Å². The Labute approximate surface area is 320 Å². The average Bonchev–Trinajstić information content (AvgIpc) is 4.00. The van der Waals surface area contributed by atoms with Crippen LogP contribution < -0.4 is 0 Å². The Morgan fingerprint density at radius 3 is 1.39 bits per heavy atom. The van der Waals surface area contributed by atoms with Gasteiger partial charge >= 0.3 is 0 Å². The van der Waals surface area contributed by atoms with Gasteiger partial charge in [-0.25, -0.2) is 15.0 Å². The van der Waals surface area contributed by atoms with E-state index in [-0.39, 0.29) is 0 Å². The third kappa shape index (κ3) is 4.55. The van der Waals surface area contributed by atoms with Crippen molar-refractivity contribution in [2.45, 2.75) is 0 Å².